The maximum Gasteiger partial charge on any atom is 0.335 e. The monoisotopic (exact) mass is 630 g/mol. The molecule has 0 amide bonds. The fourth-order valence-electron chi connectivity index (χ4n) is 5.39. The summed E-state index contributed by atoms with van der Waals surface area (Å²) in [7, 11) is 0. The molecule has 1 aliphatic rings. The topological polar surface area (TPSA) is 101 Å². The number of carboxylic acid groups (broad SMARTS) is 1. The number of hydrogen-bond acceptors (Lipinski definition) is 7. The van der Waals surface area contributed by atoms with Crippen molar-refractivity contribution in [2.75, 3.05) is 6.61 Å². The average Bonchev–Trinajstić information content (AvgIpc) is 3.13. The van der Waals surface area contributed by atoms with Crippen LogP contribution in [0.2, 0.25) is 0 Å². The maximum atomic E-state index is 15.0. The lowest BCUT2D eigenvalue weighted by Gasteiger charge is -2.25. The van der Waals surface area contributed by atoms with Gasteiger partial charge in [-0.2, -0.15) is 0 Å². The van der Waals surface area contributed by atoms with Crippen molar-refractivity contribution in [1.82, 2.24) is 0 Å². The number of hydrogen-bond donors (Lipinski definition) is 1. The molecule has 6 rings (SSSR count). The number of carboxylic acids is 1. The molecule has 0 aliphatic carbocycles. The number of benzene rings is 5. The Morgan fingerprint density at radius 3 is 1.62 bits per heavy atom. The molecule has 8 heteroatoms. The fourth-order valence-corrected chi connectivity index (χ4v) is 5.39. The number of ketones is 1. The maximum absolute atomic E-state index is 15.0. The highest BCUT2D eigenvalue weighted by Crippen LogP contribution is 2.40. The van der Waals surface area contributed by atoms with E-state index in [1.165, 1.54) is 12.1 Å². The molecule has 47 heavy (non-hydrogen) atoms. The first-order valence-corrected chi connectivity index (χ1v) is 15.4. The predicted octanol–water partition coefficient (Wildman–Crippen LogP) is 8.14. The first kappa shape index (κ1) is 31.5. The standard InChI is InChI=1S/C39H34O8/c40-38(36-31(32-20-11-21-46-47-32)18-10-19-33(36)43-24-27-12-4-1-5-13-27)37-34(44-25-28-14-6-2-7-15-28)22-30(39(41)42)23-35(37)45-26-29-16-8-3-9-17-29/h1-10,12-19,22-23,32H,11,20-21,24-26H2,(H,41,42). The quantitative estimate of drug-likeness (QED) is 0.103. The van der Waals surface area contributed by atoms with Crippen LogP contribution in [0.15, 0.2) is 121 Å². The number of carbonyl (C=O) groups excluding carboxylic acids is 1. The molecule has 0 aromatic heterocycles. The van der Waals surface area contributed by atoms with Crippen molar-refractivity contribution in [3.63, 3.8) is 0 Å². The van der Waals surface area contributed by atoms with Gasteiger partial charge in [0.1, 0.15) is 48.7 Å². The SMILES string of the molecule is O=C(O)c1cc(OCc2ccccc2)c(C(=O)c2c(OCc3ccccc3)cccc2C2CCCOO2)c(OCc2ccccc2)c1. The Balaban J connectivity index is 1.47. The Morgan fingerprint density at radius 1 is 0.638 bits per heavy atom. The summed E-state index contributed by atoms with van der Waals surface area (Å²) in [5.74, 6) is -1.15. The molecule has 1 atom stereocenters. The van der Waals surface area contributed by atoms with Crippen molar-refractivity contribution in [2.45, 2.75) is 38.8 Å². The second-order valence-corrected chi connectivity index (χ2v) is 11.1. The van der Waals surface area contributed by atoms with Crippen molar-refractivity contribution in [3.05, 3.63) is 160 Å². The fraction of sp³-hybridized carbons (Fsp3) is 0.179. The second-order valence-electron chi connectivity index (χ2n) is 11.1. The van der Waals surface area contributed by atoms with Crippen LogP contribution in [0.5, 0.6) is 17.2 Å². The largest absolute Gasteiger partial charge is 0.488 e. The summed E-state index contributed by atoms with van der Waals surface area (Å²) in [6, 6.07) is 36.6. The highest BCUT2D eigenvalue weighted by molar-refractivity contribution is 6.15. The van der Waals surface area contributed by atoms with Crippen LogP contribution in [0.1, 0.15) is 67.5 Å². The first-order chi connectivity index (χ1) is 23.1. The van der Waals surface area contributed by atoms with Crippen LogP contribution in [-0.2, 0) is 29.6 Å². The lowest BCUT2D eigenvalue weighted by molar-refractivity contribution is -0.348. The normalized spacial score (nSPS) is 14.3. The number of ether oxygens (including phenoxy) is 3. The molecule has 0 spiro atoms. The third-order valence-corrected chi connectivity index (χ3v) is 7.76. The minimum absolute atomic E-state index is 0.0754. The Bertz CT molecular complexity index is 1740. The summed E-state index contributed by atoms with van der Waals surface area (Å²) in [6.07, 6.45) is 0.857. The van der Waals surface area contributed by atoms with E-state index in [9.17, 15) is 9.90 Å². The van der Waals surface area contributed by atoms with Crippen molar-refractivity contribution in [2.24, 2.45) is 0 Å². The van der Waals surface area contributed by atoms with E-state index >= 15 is 4.79 Å². The van der Waals surface area contributed by atoms with E-state index < -0.39 is 17.9 Å². The van der Waals surface area contributed by atoms with Crippen LogP contribution in [-0.4, -0.2) is 23.5 Å². The molecular formula is C39H34O8. The van der Waals surface area contributed by atoms with Gasteiger partial charge in [-0.15, -0.1) is 0 Å². The summed E-state index contributed by atoms with van der Waals surface area (Å²) in [6.45, 7) is 0.872. The minimum atomic E-state index is -1.18. The van der Waals surface area contributed by atoms with Crippen molar-refractivity contribution in [3.8, 4) is 17.2 Å². The molecule has 238 valence electrons. The van der Waals surface area contributed by atoms with Crippen molar-refractivity contribution >= 4 is 11.8 Å². The molecule has 5 aromatic rings. The molecule has 5 aromatic carbocycles. The molecule has 1 heterocycles. The number of aromatic carboxylic acids is 1. The average molecular weight is 631 g/mol. The molecular weight excluding hydrogens is 596 g/mol. The van der Waals surface area contributed by atoms with Crippen molar-refractivity contribution < 1.29 is 38.7 Å². The zero-order valence-corrected chi connectivity index (χ0v) is 25.7. The highest BCUT2D eigenvalue weighted by atomic mass is 17.2. The zero-order valence-electron chi connectivity index (χ0n) is 25.7. The summed E-state index contributed by atoms with van der Waals surface area (Å²) in [5, 5.41) is 10.0. The Labute approximate surface area is 273 Å². The molecule has 0 radical (unpaired) electrons. The summed E-state index contributed by atoms with van der Waals surface area (Å²) in [4.78, 5) is 38.3. The Kier molecular flexibility index (Phi) is 10.2. The van der Waals surface area contributed by atoms with E-state index in [4.69, 9.17) is 24.0 Å². The van der Waals surface area contributed by atoms with Gasteiger partial charge in [0.15, 0.2) is 0 Å². The number of carbonyl (C=O) groups is 2. The van der Waals surface area contributed by atoms with Gasteiger partial charge in [0.25, 0.3) is 0 Å². The zero-order chi connectivity index (χ0) is 32.4. The van der Waals surface area contributed by atoms with E-state index in [2.05, 4.69) is 0 Å². The van der Waals surface area contributed by atoms with Gasteiger partial charge in [-0.25, -0.2) is 14.6 Å². The van der Waals surface area contributed by atoms with Crippen LogP contribution in [0.3, 0.4) is 0 Å². The summed E-state index contributed by atoms with van der Waals surface area (Å²) in [5.41, 5.74) is 3.47. The van der Waals surface area contributed by atoms with Gasteiger partial charge in [-0.1, -0.05) is 103 Å². The van der Waals surface area contributed by atoms with Gasteiger partial charge in [-0.05, 0) is 53.3 Å². The first-order valence-electron chi connectivity index (χ1n) is 15.4. The van der Waals surface area contributed by atoms with Crippen LogP contribution >= 0.6 is 0 Å². The van der Waals surface area contributed by atoms with E-state index in [0.29, 0.717) is 24.3 Å². The molecule has 1 aliphatic heterocycles. The minimum Gasteiger partial charge on any atom is -0.488 e. The van der Waals surface area contributed by atoms with Gasteiger partial charge < -0.3 is 19.3 Å². The molecule has 1 unspecified atom stereocenters. The molecule has 0 saturated carbocycles. The molecule has 1 fully saturated rings. The van der Waals surface area contributed by atoms with Gasteiger partial charge in [0.2, 0.25) is 5.78 Å². The van der Waals surface area contributed by atoms with Crippen LogP contribution in [0.4, 0.5) is 0 Å². The van der Waals surface area contributed by atoms with E-state index in [0.717, 1.165) is 23.1 Å². The predicted molar refractivity (Wildman–Crippen MR) is 175 cm³/mol. The molecule has 0 bridgehead atoms. The van der Waals surface area contributed by atoms with Crippen LogP contribution < -0.4 is 14.2 Å². The molecule has 1 N–H and O–H groups in total. The third kappa shape index (κ3) is 7.87. The molecule has 8 nitrogen and oxygen atoms in total. The summed E-state index contributed by atoms with van der Waals surface area (Å²) < 4.78 is 18.8. The van der Waals surface area contributed by atoms with E-state index in [1.807, 2.05) is 103 Å². The van der Waals surface area contributed by atoms with Crippen LogP contribution in [0, 0.1) is 0 Å². The van der Waals surface area contributed by atoms with Crippen molar-refractivity contribution in [1.29, 1.82) is 0 Å². The second kappa shape index (κ2) is 15.2. The third-order valence-electron chi connectivity index (χ3n) is 7.76. The smallest absolute Gasteiger partial charge is 0.335 e. The lowest BCUT2D eigenvalue weighted by atomic mass is 9.91. The summed E-state index contributed by atoms with van der Waals surface area (Å²) >= 11 is 0. The molecule has 1 saturated heterocycles. The highest BCUT2D eigenvalue weighted by Gasteiger charge is 2.32. The van der Waals surface area contributed by atoms with Crippen LogP contribution in [0.25, 0.3) is 0 Å². The Morgan fingerprint density at radius 2 is 1.15 bits per heavy atom. The van der Waals surface area contributed by atoms with Gasteiger partial charge in [0.05, 0.1) is 17.7 Å². The Hall–Kier alpha value is -5.44. The lowest BCUT2D eigenvalue weighted by Crippen LogP contribution is -2.19. The van der Waals surface area contributed by atoms with E-state index in [1.54, 1.807) is 6.07 Å². The van der Waals surface area contributed by atoms with E-state index in [-0.39, 0.29) is 48.0 Å². The van der Waals surface area contributed by atoms with Gasteiger partial charge in [0, 0.05) is 0 Å². The number of rotatable bonds is 13. The van der Waals surface area contributed by atoms with Gasteiger partial charge in [-0.3, -0.25) is 4.79 Å². The van der Waals surface area contributed by atoms with Gasteiger partial charge >= 0.3 is 5.97 Å².